The van der Waals surface area contributed by atoms with Gasteiger partial charge < -0.3 is 5.11 Å². The first-order valence-electron chi connectivity index (χ1n) is 6.36. The maximum atomic E-state index is 12.1. The van der Waals surface area contributed by atoms with Crippen molar-refractivity contribution in [3.05, 3.63) is 54.6 Å². The molecule has 0 radical (unpaired) electrons. The van der Waals surface area contributed by atoms with E-state index in [4.69, 9.17) is 0 Å². The number of aliphatic hydroxyl groups is 1. The highest BCUT2D eigenvalue weighted by atomic mass is 16.3. The van der Waals surface area contributed by atoms with Gasteiger partial charge in [-0.3, -0.25) is 4.79 Å². The van der Waals surface area contributed by atoms with E-state index in [0.717, 1.165) is 5.56 Å². The Hall–Kier alpha value is -1.94. The van der Waals surface area contributed by atoms with Gasteiger partial charge in [-0.1, -0.05) is 30.3 Å². The Bertz CT molecular complexity index is 548. The third-order valence-corrected chi connectivity index (χ3v) is 3.28. The lowest BCUT2D eigenvalue weighted by molar-refractivity contribution is -0.671. The molecule has 1 unspecified atom stereocenters. The molecule has 1 aromatic carbocycles. The fourth-order valence-electron chi connectivity index (χ4n) is 2.02. The van der Waals surface area contributed by atoms with E-state index in [1.807, 2.05) is 72.2 Å². The van der Waals surface area contributed by atoms with Gasteiger partial charge in [-0.2, -0.15) is 0 Å². The van der Waals surface area contributed by atoms with Gasteiger partial charge in [0.2, 0.25) is 6.33 Å². The second-order valence-corrected chi connectivity index (χ2v) is 4.80. The lowest BCUT2D eigenvalue weighted by Gasteiger charge is -2.12. The number of imidazole rings is 1. The molecule has 0 aliphatic heterocycles. The standard InChI is InChI=1S/C15H19N2O2/c1-12(17-9-8-16(2)11-17)14(18)10-15(19)13-6-4-3-5-7-13/h3-9,11-12,15,19H,10H2,1-2H3/q+1/t12?,15-/m0/s1. The Labute approximate surface area is 112 Å². The lowest BCUT2D eigenvalue weighted by atomic mass is 10.0. The Morgan fingerprint density at radius 1 is 1.37 bits per heavy atom. The molecule has 4 heteroatoms. The number of hydrogen-bond donors (Lipinski definition) is 1. The first kappa shape index (κ1) is 13.5. The first-order chi connectivity index (χ1) is 9.08. The molecule has 1 N–H and O–H groups in total. The number of nitrogens with zero attached hydrogens (tertiary/aromatic N) is 2. The van der Waals surface area contributed by atoms with Crippen molar-refractivity contribution in [2.45, 2.75) is 25.5 Å². The van der Waals surface area contributed by atoms with Crippen LogP contribution in [0.1, 0.15) is 31.1 Å². The minimum Gasteiger partial charge on any atom is -0.388 e. The summed E-state index contributed by atoms with van der Waals surface area (Å²) in [5, 5.41) is 10.1. The van der Waals surface area contributed by atoms with Crippen LogP contribution in [0.25, 0.3) is 0 Å². The van der Waals surface area contributed by atoms with E-state index >= 15 is 0 Å². The molecule has 0 aliphatic carbocycles. The van der Waals surface area contributed by atoms with Crippen molar-refractivity contribution in [3.63, 3.8) is 0 Å². The van der Waals surface area contributed by atoms with Gasteiger partial charge in [0, 0.05) is 6.42 Å². The summed E-state index contributed by atoms with van der Waals surface area (Å²) in [6, 6.07) is 9.01. The molecule has 0 fully saturated rings. The van der Waals surface area contributed by atoms with Gasteiger partial charge in [0.05, 0.1) is 13.2 Å². The monoisotopic (exact) mass is 259 g/mol. The number of Topliss-reactive ketones (excluding diaryl/α,β-unsaturated/α-hetero) is 1. The second-order valence-electron chi connectivity index (χ2n) is 4.80. The summed E-state index contributed by atoms with van der Waals surface area (Å²) in [6.45, 7) is 1.85. The molecule has 2 rings (SSSR count). The van der Waals surface area contributed by atoms with Crippen molar-refractivity contribution in [1.29, 1.82) is 0 Å². The zero-order chi connectivity index (χ0) is 13.8. The van der Waals surface area contributed by atoms with Gasteiger partial charge in [-0.05, 0) is 12.5 Å². The van der Waals surface area contributed by atoms with Crippen molar-refractivity contribution < 1.29 is 14.5 Å². The molecule has 0 aliphatic rings. The van der Waals surface area contributed by atoms with Crippen molar-refractivity contribution in [3.8, 4) is 0 Å². The minimum atomic E-state index is -0.736. The molecule has 1 aromatic heterocycles. The molecular weight excluding hydrogens is 240 g/mol. The maximum absolute atomic E-state index is 12.1. The van der Waals surface area contributed by atoms with Crippen LogP contribution in [-0.4, -0.2) is 15.5 Å². The molecule has 0 saturated heterocycles. The third kappa shape index (κ3) is 3.29. The minimum absolute atomic E-state index is 0.0209. The number of rotatable bonds is 5. The van der Waals surface area contributed by atoms with Crippen LogP contribution in [0.2, 0.25) is 0 Å². The smallest absolute Gasteiger partial charge is 0.244 e. The number of ketones is 1. The van der Waals surface area contributed by atoms with E-state index in [9.17, 15) is 9.90 Å². The van der Waals surface area contributed by atoms with Gasteiger partial charge in [0.15, 0.2) is 11.8 Å². The Balaban J connectivity index is 2.01. The van der Waals surface area contributed by atoms with Crippen LogP contribution in [0.5, 0.6) is 0 Å². The van der Waals surface area contributed by atoms with Crippen molar-refractivity contribution >= 4 is 5.78 Å². The summed E-state index contributed by atoms with van der Waals surface area (Å²) in [7, 11) is 1.91. The molecule has 2 aromatic rings. The molecule has 0 saturated carbocycles. The number of aliphatic hydroxyl groups excluding tert-OH is 1. The maximum Gasteiger partial charge on any atom is 0.244 e. The van der Waals surface area contributed by atoms with Gasteiger partial charge in [0.25, 0.3) is 0 Å². The number of benzene rings is 1. The van der Waals surface area contributed by atoms with Crippen LogP contribution >= 0.6 is 0 Å². The summed E-state index contributed by atoms with van der Waals surface area (Å²) < 4.78 is 3.73. The lowest BCUT2D eigenvalue weighted by Crippen LogP contribution is -2.25. The van der Waals surface area contributed by atoms with E-state index in [-0.39, 0.29) is 18.2 Å². The average Bonchev–Trinajstić information content (AvgIpc) is 2.85. The molecule has 0 spiro atoms. The highest BCUT2D eigenvalue weighted by molar-refractivity contribution is 5.82. The van der Waals surface area contributed by atoms with E-state index in [0.29, 0.717) is 0 Å². The Morgan fingerprint density at radius 3 is 2.63 bits per heavy atom. The van der Waals surface area contributed by atoms with Crippen LogP contribution in [-0.2, 0) is 11.8 Å². The molecule has 0 bridgehead atoms. The Kier molecular flexibility index (Phi) is 4.12. The molecule has 100 valence electrons. The second kappa shape index (κ2) is 5.80. The third-order valence-electron chi connectivity index (χ3n) is 3.28. The fourth-order valence-corrected chi connectivity index (χ4v) is 2.02. The Morgan fingerprint density at radius 2 is 2.05 bits per heavy atom. The molecule has 2 atom stereocenters. The quantitative estimate of drug-likeness (QED) is 0.828. The fraction of sp³-hybridized carbons (Fsp3) is 0.333. The average molecular weight is 259 g/mol. The van der Waals surface area contributed by atoms with Crippen LogP contribution in [0.4, 0.5) is 0 Å². The van der Waals surface area contributed by atoms with Crippen molar-refractivity contribution in [2.75, 3.05) is 0 Å². The van der Waals surface area contributed by atoms with Gasteiger partial charge in [-0.15, -0.1) is 0 Å². The van der Waals surface area contributed by atoms with Gasteiger partial charge in [0.1, 0.15) is 12.4 Å². The molecule has 19 heavy (non-hydrogen) atoms. The zero-order valence-corrected chi connectivity index (χ0v) is 11.2. The molecule has 0 amide bonds. The number of aromatic nitrogens is 2. The molecular formula is C15H19N2O2+. The van der Waals surface area contributed by atoms with E-state index in [1.165, 1.54) is 0 Å². The predicted molar refractivity (Wildman–Crippen MR) is 71.3 cm³/mol. The zero-order valence-electron chi connectivity index (χ0n) is 11.2. The predicted octanol–water partition coefficient (Wildman–Crippen LogP) is 1.57. The van der Waals surface area contributed by atoms with Gasteiger partial charge in [-0.25, -0.2) is 9.13 Å². The van der Waals surface area contributed by atoms with Crippen LogP contribution < -0.4 is 4.57 Å². The number of carbonyl (C=O) groups is 1. The summed E-state index contributed by atoms with van der Waals surface area (Å²) >= 11 is 0. The van der Waals surface area contributed by atoms with Crippen molar-refractivity contribution in [2.24, 2.45) is 7.05 Å². The highest BCUT2D eigenvalue weighted by Crippen LogP contribution is 2.19. The molecule has 4 nitrogen and oxygen atoms in total. The topological polar surface area (TPSA) is 46.1 Å². The van der Waals surface area contributed by atoms with E-state index in [1.54, 1.807) is 0 Å². The van der Waals surface area contributed by atoms with Crippen LogP contribution in [0, 0.1) is 0 Å². The number of aryl methyl sites for hydroxylation is 1. The molecule has 1 heterocycles. The van der Waals surface area contributed by atoms with Crippen LogP contribution in [0.3, 0.4) is 0 Å². The van der Waals surface area contributed by atoms with Gasteiger partial charge >= 0.3 is 0 Å². The first-order valence-corrected chi connectivity index (χ1v) is 6.36. The summed E-state index contributed by atoms with van der Waals surface area (Å²) in [4.78, 5) is 12.1. The van der Waals surface area contributed by atoms with E-state index in [2.05, 4.69) is 0 Å². The summed E-state index contributed by atoms with van der Waals surface area (Å²) in [5.41, 5.74) is 0.779. The number of carbonyl (C=O) groups excluding carboxylic acids is 1. The van der Waals surface area contributed by atoms with Crippen LogP contribution in [0.15, 0.2) is 49.1 Å². The van der Waals surface area contributed by atoms with E-state index < -0.39 is 6.10 Å². The SMILES string of the molecule is CC(C(=O)C[C@H](O)c1ccccc1)n1cc[n+](C)c1. The highest BCUT2D eigenvalue weighted by Gasteiger charge is 2.22. The normalized spacial score (nSPS) is 14.1. The van der Waals surface area contributed by atoms with Crippen molar-refractivity contribution in [1.82, 2.24) is 4.57 Å². The number of hydrogen-bond acceptors (Lipinski definition) is 2. The largest absolute Gasteiger partial charge is 0.388 e. The summed E-state index contributed by atoms with van der Waals surface area (Å²) in [5.74, 6) is 0.0209. The summed E-state index contributed by atoms with van der Waals surface area (Å²) in [6.07, 6.45) is 5.00.